The number of ether oxygens (including phenoxy) is 1. The van der Waals surface area contributed by atoms with Gasteiger partial charge in [0.25, 0.3) is 5.69 Å². The van der Waals surface area contributed by atoms with Crippen molar-refractivity contribution in [1.82, 2.24) is 15.0 Å². The summed E-state index contributed by atoms with van der Waals surface area (Å²) in [6, 6.07) is 12.8. The van der Waals surface area contributed by atoms with Crippen LogP contribution in [0.4, 0.5) is 16.2 Å². The molecule has 3 aromatic rings. The third kappa shape index (κ3) is 4.63. The molecule has 1 saturated heterocycles. The molecule has 1 aliphatic rings. The summed E-state index contributed by atoms with van der Waals surface area (Å²) < 4.78 is 10.6. The first-order valence-electron chi connectivity index (χ1n) is 9.82. The fraction of sp³-hybridized carbons (Fsp3) is 0.286. The van der Waals surface area contributed by atoms with Gasteiger partial charge in [0.05, 0.1) is 18.0 Å². The van der Waals surface area contributed by atoms with Crippen molar-refractivity contribution >= 4 is 17.4 Å². The van der Waals surface area contributed by atoms with Crippen LogP contribution in [0, 0.1) is 10.1 Å². The van der Waals surface area contributed by atoms with Gasteiger partial charge < -0.3 is 19.5 Å². The Morgan fingerprint density at radius 1 is 1.23 bits per heavy atom. The number of carbonyl (C=O) groups is 1. The van der Waals surface area contributed by atoms with E-state index in [1.807, 2.05) is 24.3 Å². The largest absolute Gasteiger partial charge is 0.497 e. The van der Waals surface area contributed by atoms with Crippen molar-refractivity contribution in [3.63, 3.8) is 0 Å². The molecule has 0 unspecified atom stereocenters. The van der Waals surface area contributed by atoms with Crippen LogP contribution in [-0.2, 0) is 0 Å². The fourth-order valence-electron chi connectivity index (χ4n) is 3.49. The molecule has 1 aromatic heterocycles. The average molecular weight is 423 g/mol. The van der Waals surface area contributed by atoms with Gasteiger partial charge in [-0.1, -0.05) is 5.16 Å². The number of likely N-dealkylation sites (tertiary alicyclic amines) is 1. The molecule has 160 valence electrons. The fourth-order valence-corrected chi connectivity index (χ4v) is 3.49. The van der Waals surface area contributed by atoms with Crippen LogP contribution in [0.2, 0.25) is 0 Å². The number of amides is 2. The number of nitrogens with one attached hydrogen (secondary N) is 1. The van der Waals surface area contributed by atoms with Crippen molar-refractivity contribution in [1.29, 1.82) is 0 Å². The highest BCUT2D eigenvalue weighted by atomic mass is 16.6. The first-order valence-corrected chi connectivity index (χ1v) is 9.82. The van der Waals surface area contributed by atoms with E-state index < -0.39 is 4.92 Å². The molecule has 10 heteroatoms. The molecule has 1 atom stereocenters. The van der Waals surface area contributed by atoms with E-state index in [1.165, 1.54) is 24.3 Å². The van der Waals surface area contributed by atoms with E-state index in [4.69, 9.17) is 9.26 Å². The predicted molar refractivity (Wildman–Crippen MR) is 112 cm³/mol. The summed E-state index contributed by atoms with van der Waals surface area (Å²) in [7, 11) is 1.61. The zero-order valence-electron chi connectivity index (χ0n) is 16.9. The normalized spacial score (nSPS) is 16.0. The minimum Gasteiger partial charge on any atom is -0.497 e. The molecule has 0 spiro atoms. The highest BCUT2D eigenvalue weighted by Crippen LogP contribution is 2.28. The number of rotatable bonds is 5. The summed E-state index contributed by atoms with van der Waals surface area (Å²) in [5.74, 6) is 1.68. The number of methoxy groups -OCH3 is 1. The molecule has 1 fully saturated rings. The Balaban J connectivity index is 1.40. The Hall–Kier alpha value is -3.95. The molecule has 2 aromatic carbocycles. The number of nitrogens with zero attached hydrogens (tertiary/aromatic N) is 4. The van der Waals surface area contributed by atoms with E-state index in [0.717, 1.165) is 24.2 Å². The van der Waals surface area contributed by atoms with Crippen molar-refractivity contribution in [2.24, 2.45) is 0 Å². The number of aromatic nitrogens is 2. The topological polar surface area (TPSA) is 124 Å². The first-order chi connectivity index (χ1) is 15.0. The van der Waals surface area contributed by atoms with Gasteiger partial charge in [-0.15, -0.1) is 0 Å². The van der Waals surface area contributed by atoms with Gasteiger partial charge in [-0.3, -0.25) is 10.1 Å². The van der Waals surface area contributed by atoms with Gasteiger partial charge in [-0.2, -0.15) is 4.98 Å². The molecule has 4 rings (SSSR count). The molecule has 2 heterocycles. The second-order valence-electron chi connectivity index (χ2n) is 7.20. The van der Waals surface area contributed by atoms with E-state index >= 15 is 0 Å². The number of piperidine rings is 1. The molecular weight excluding hydrogens is 402 g/mol. The van der Waals surface area contributed by atoms with Crippen molar-refractivity contribution < 1.29 is 19.0 Å². The summed E-state index contributed by atoms with van der Waals surface area (Å²) in [6.07, 6.45) is 1.64. The van der Waals surface area contributed by atoms with Crippen molar-refractivity contribution in [2.45, 2.75) is 18.8 Å². The zero-order valence-corrected chi connectivity index (χ0v) is 16.9. The van der Waals surface area contributed by atoms with E-state index in [2.05, 4.69) is 15.5 Å². The Morgan fingerprint density at radius 3 is 2.65 bits per heavy atom. The van der Waals surface area contributed by atoms with Gasteiger partial charge >= 0.3 is 6.03 Å². The van der Waals surface area contributed by atoms with Gasteiger partial charge in [-0.25, -0.2) is 4.79 Å². The highest BCUT2D eigenvalue weighted by molar-refractivity contribution is 5.89. The average Bonchev–Trinajstić information content (AvgIpc) is 3.30. The monoisotopic (exact) mass is 423 g/mol. The number of hydrogen-bond donors (Lipinski definition) is 1. The van der Waals surface area contributed by atoms with Crippen LogP contribution < -0.4 is 10.1 Å². The molecule has 0 saturated carbocycles. The SMILES string of the molecule is COc1ccc(-c2noc([C@H]3CCCN(C(=O)Nc4ccc([N+](=O)[O-])cc4)C3)n2)cc1. The van der Waals surface area contributed by atoms with Gasteiger partial charge in [0, 0.05) is 36.5 Å². The lowest BCUT2D eigenvalue weighted by Crippen LogP contribution is -2.41. The van der Waals surface area contributed by atoms with Gasteiger partial charge in [-0.05, 0) is 49.2 Å². The Labute approximate surface area is 178 Å². The number of nitro benzene ring substituents is 1. The van der Waals surface area contributed by atoms with Crippen molar-refractivity contribution in [2.75, 3.05) is 25.5 Å². The number of benzene rings is 2. The molecule has 10 nitrogen and oxygen atoms in total. The molecule has 31 heavy (non-hydrogen) atoms. The number of hydrogen-bond acceptors (Lipinski definition) is 7. The maximum Gasteiger partial charge on any atom is 0.321 e. The molecule has 0 radical (unpaired) electrons. The van der Waals surface area contributed by atoms with Gasteiger partial charge in [0.2, 0.25) is 11.7 Å². The van der Waals surface area contributed by atoms with Crippen molar-refractivity contribution in [3.8, 4) is 17.1 Å². The van der Waals surface area contributed by atoms with Gasteiger partial charge in [0.1, 0.15) is 5.75 Å². The van der Waals surface area contributed by atoms with E-state index in [-0.39, 0.29) is 17.6 Å². The third-order valence-corrected chi connectivity index (χ3v) is 5.18. The summed E-state index contributed by atoms with van der Waals surface area (Å²) in [4.78, 5) is 29.1. The number of anilines is 1. The Kier molecular flexibility index (Phi) is 5.78. The lowest BCUT2D eigenvalue weighted by atomic mass is 9.98. The maximum atomic E-state index is 12.7. The highest BCUT2D eigenvalue weighted by Gasteiger charge is 2.29. The van der Waals surface area contributed by atoms with E-state index in [0.29, 0.717) is 30.5 Å². The van der Waals surface area contributed by atoms with Crippen LogP contribution in [0.3, 0.4) is 0 Å². The summed E-state index contributed by atoms with van der Waals surface area (Å²) in [6.45, 7) is 1.05. The van der Waals surface area contributed by atoms with Crippen LogP contribution in [0.15, 0.2) is 53.1 Å². The quantitative estimate of drug-likeness (QED) is 0.485. The van der Waals surface area contributed by atoms with Crippen LogP contribution in [0.5, 0.6) is 5.75 Å². The van der Waals surface area contributed by atoms with Crippen molar-refractivity contribution in [3.05, 3.63) is 64.5 Å². The molecule has 0 bridgehead atoms. The second kappa shape index (κ2) is 8.82. The third-order valence-electron chi connectivity index (χ3n) is 5.18. The van der Waals surface area contributed by atoms with E-state index in [1.54, 1.807) is 12.0 Å². The van der Waals surface area contributed by atoms with Crippen LogP contribution in [0.25, 0.3) is 11.4 Å². The van der Waals surface area contributed by atoms with E-state index in [9.17, 15) is 14.9 Å². The minimum atomic E-state index is -0.481. The number of carbonyl (C=O) groups excluding carboxylic acids is 1. The summed E-state index contributed by atoms with van der Waals surface area (Å²) in [5, 5.41) is 17.6. The van der Waals surface area contributed by atoms with Gasteiger partial charge in [0.15, 0.2) is 0 Å². The predicted octanol–water partition coefficient (Wildman–Crippen LogP) is 4.06. The van der Waals surface area contributed by atoms with Crippen LogP contribution >= 0.6 is 0 Å². The first kappa shape index (κ1) is 20.3. The number of non-ortho nitro benzene ring substituents is 1. The van der Waals surface area contributed by atoms with Crippen LogP contribution in [0.1, 0.15) is 24.7 Å². The van der Waals surface area contributed by atoms with Crippen LogP contribution in [-0.4, -0.2) is 46.2 Å². The number of urea groups is 1. The molecular formula is C21H21N5O5. The summed E-state index contributed by atoms with van der Waals surface area (Å²) in [5.41, 5.74) is 1.29. The maximum absolute atomic E-state index is 12.7. The lowest BCUT2D eigenvalue weighted by Gasteiger charge is -2.31. The smallest absolute Gasteiger partial charge is 0.321 e. The molecule has 1 aliphatic heterocycles. The standard InChI is InChI=1S/C21H21N5O5/c1-30-18-10-4-14(5-11-18)19-23-20(31-24-19)15-3-2-12-25(13-15)21(27)22-16-6-8-17(9-7-16)26(28)29/h4-11,15H,2-3,12-13H2,1H3,(H,22,27)/t15-/m0/s1. The molecule has 2 amide bonds. The Bertz CT molecular complexity index is 1060. The minimum absolute atomic E-state index is 0.0277. The lowest BCUT2D eigenvalue weighted by molar-refractivity contribution is -0.384. The molecule has 0 aliphatic carbocycles. The Morgan fingerprint density at radius 2 is 1.97 bits per heavy atom. The number of nitro groups is 1. The zero-order chi connectivity index (χ0) is 21.8. The molecule has 1 N–H and O–H groups in total. The summed E-state index contributed by atoms with van der Waals surface area (Å²) >= 11 is 0. The second-order valence-corrected chi connectivity index (χ2v) is 7.20.